The van der Waals surface area contributed by atoms with Crippen LogP contribution in [0.3, 0.4) is 0 Å². The highest BCUT2D eigenvalue weighted by Gasteiger charge is 2.35. The van der Waals surface area contributed by atoms with Gasteiger partial charge < -0.3 is 4.90 Å². The summed E-state index contributed by atoms with van der Waals surface area (Å²) in [7, 11) is 0. The third kappa shape index (κ3) is 2.55. The Morgan fingerprint density at radius 3 is 2.70 bits per heavy atom. The molecule has 1 unspecified atom stereocenters. The largest absolute Gasteiger partial charge is 0.338 e. The standard InChI is InChI=1S/C15H22N2O2S/c1-11-10-20-15(19)17(11)9-14(18)16-8-4-7-13(16)12-5-2-3-6-12/h10,12-13H,2-9H2,1H3. The first kappa shape index (κ1) is 13.9. The molecule has 0 bridgehead atoms. The highest BCUT2D eigenvalue weighted by atomic mass is 32.1. The molecule has 1 aliphatic carbocycles. The van der Waals surface area contributed by atoms with Gasteiger partial charge in [0.2, 0.25) is 5.91 Å². The molecule has 1 atom stereocenters. The maximum absolute atomic E-state index is 12.6. The molecule has 2 fully saturated rings. The van der Waals surface area contributed by atoms with Gasteiger partial charge in [0.15, 0.2) is 0 Å². The van der Waals surface area contributed by atoms with Crippen LogP contribution < -0.4 is 4.87 Å². The van der Waals surface area contributed by atoms with Crippen molar-refractivity contribution in [2.24, 2.45) is 5.92 Å². The zero-order valence-electron chi connectivity index (χ0n) is 12.0. The maximum Gasteiger partial charge on any atom is 0.307 e. The highest BCUT2D eigenvalue weighted by Crippen LogP contribution is 2.35. The molecule has 0 N–H and O–H groups in total. The van der Waals surface area contributed by atoms with Crippen LogP contribution in [0.1, 0.15) is 44.2 Å². The number of aromatic nitrogens is 1. The van der Waals surface area contributed by atoms with Crippen molar-refractivity contribution in [3.8, 4) is 0 Å². The lowest BCUT2D eigenvalue weighted by Crippen LogP contribution is -2.42. The summed E-state index contributed by atoms with van der Waals surface area (Å²) in [6, 6.07) is 0.430. The number of likely N-dealkylation sites (tertiary alicyclic amines) is 1. The minimum Gasteiger partial charge on any atom is -0.338 e. The van der Waals surface area contributed by atoms with Crippen LogP contribution in [-0.4, -0.2) is 28.0 Å². The van der Waals surface area contributed by atoms with Gasteiger partial charge in [0.05, 0.1) is 0 Å². The van der Waals surface area contributed by atoms with E-state index in [9.17, 15) is 9.59 Å². The van der Waals surface area contributed by atoms with Crippen LogP contribution in [0.25, 0.3) is 0 Å². The van der Waals surface area contributed by atoms with Gasteiger partial charge in [-0.05, 0) is 38.5 Å². The van der Waals surface area contributed by atoms with Gasteiger partial charge in [-0.1, -0.05) is 24.2 Å². The lowest BCUT2D eigenvalue weighted by atomic mass is 9.96. The smallest absolute Gasteiger partial charge is 0.307 e. The molecule has 2 heterocycles. The monoisotopic (exact) mass is 294 g/mol. The van der Waals surface area contributed by atoms with E-state index >= 15 is 0 Å². The highest BCUT2D eigenvalue weighted by molar-refractivity contribution is 7.07. The second-order valence-corrected chi connectivity index (χ2v) is 6.89. The Labute approximate surface area is 123 Å². The van der Waals surface area contributed by atoms with Crippen LogP contribution >= 0.6 is 11.3 Å². The lowest BCUT2D eigenvalue weighted by molar-refractivity contribution is -0.133. The number of amides is 1. The van der Waals surface area contributed by atoms with Crippen LogP contribution in [-0.2, 0) is 11.3 Å². The van der Waals surface area contributed by atoms with Crippen molar-refractivity contribution in [3.63, 3.8) is 0 Å². The number of carbonyl (C=O) groups is 1. The molecule has 20 heavy (non-hydrogen) atoms. The summed E-state index contributed by atoms with van der Waals surface area (Å²) in [6.07, 6.45) is 7.43. The SMILES string of the molecule is Cc1csc(=O)n1CC(=O)N1CCCC1C1CCCC1. The predicted molar refractivity (Wildman–Crippen MR) is 80.0 cm³/mol. The Kier molecular flexibility index (Phi) is 3.96. The first-order chi connectivity index (χ1) is 9.66. The van der Waals surface area contributed by atoms with E-state index in [4.69, 9.17) is 0 Å². The fourth-order valence-corrected chi connectivity index (χ4v) is 4.49. The number of nitrogens with zero attached hydrogens (tertiary/aromatic N) is 2. The fourth-order valence-electron chi connectivity index (χ4n) is 3.76. The van der Waals surface area contributed by atoms with Crippen LogP contribution in [0.5, 0.6) is 0 Å². The average molecular weight is 294 g/mol. The molecule has 0 radical (unpaired) electrons. The zero-order chi connectivity index (χ0) is 14.1. The number of hydrogen-bond acceptors (Lipinski definition) is 3. The molecule has 5 heteroatoms. The molecule has 0 spiro atoms. The van der Waals surface area contributed by atoms with E-state index < -0.39 is 0 Å². The first-order valence-electron chi connectivity index (χ1n) is 7.61. The quantitative estimate of drug-likeness (QED) is 0.859. The average Bonchev–Trinajstić information content (AvgIpc) is 3.13. The number of rotatable bonds is 3. The lowest BCUT2D eigenvalue weighted by Gasteiger charge is -2.29. The Balaban J connectivity index is 1.71. The molecule has 1 aromatic heterocycles. The van der Waals surface area contributed by atoms with Crippen LogP contribution in [0.4, 0.5) is 0 Å². The number of thiazole rings is 1. The van der Waals surface area contributed by atoms with E-state index in [0.29, 0.717) is 12.0 Å². The third-order valence-electron chi connectivity index (χ3n) is 4.83. The molecule has 1 aliphatic heterocycles. The molecule has 3 rings (SSSR count). The summed E-state index contributed by atoms with van der Waals surface area (Å²) in [5.74, 6) is 0.824. The van der Waals surface area contributed by atoms with Crippen molar-refractivity contribution in [1.29, 1.82) is 0 Å². The van der Waals surface area contributed by atoms with Crippen LogP contribution in [0, 0.1) is 12.8 Å². The van der Waals surface area contributed by atoms with E-state index in [2.05, 4.69) is 4.90 Å². The summed E-state index contributed by atoms with van der Waals surface area (Å²) < 4.78 is 1.61. The Morgan fingerprint density at radius 2 is 2.05 bits per heavy atom. The molecule has 1 saturated carbocycles. The van der Waals surface area contributed by atoms with E-state index in [0.717, 1.165) is 25.1 Å². The van der Waals surface area contributed by atoms with Gasteiger partial charge in [0, 0.05) is 23.7 Å². The maximum atomic E-state index is 12.6. The second kappa shape index (κ2) is 5.72. The summed E-state index contributed by atoms with van der Waals surface area (Å²) >= 11 is 1.18. The van der Waals surface area contributed by atoms with Gasteiger partial charge in [0.25, 0.3) is 0 Å². The number of carbonyl (C=O) groups excluding carboxylic acids is 1. The number of aryl methyl sites for hydroxylation is 1. The molecule has 1 amide bonds. The van der Waals surface area contributed by atoms with Crippen molar-refractivity contribution in [2.75, 3.05) is 6.54 Å². The molecular weight excluding hydrogens is 272 g/mol. The van der Waals surface area contributed by atoms with Gasteiger partial charge in [-0.25, -0.2) is 0 Å². The predicted octanol–water partition coefficient (Wildman–Crippen LogP) is 2.40. The van der Waals surface area contributed by atoms with Crippen molar-refractivity contribution in [3.05, 3.63) is 20.7 Å². The minimum atomic E-state index is -0.0209. The number of hydrogen-bond donors (Lipinski definition) is 0. The van der Waals surface area contributed by atoms with Crippen molar-refractivity contribution in [1.82, 2.24) is 9.47 Å². The summed E-state index contributed by atoms with van der Waals surface area (Å²) in [4.78, 5) is 26.3. The molecule has 1 saturated heterocycles. The molecule has 0 aromatic carbocycles. The molecule has 2 aliphatic rings. The van der Waals surface area contributed by atoms with Crippen LogP contribution in [0.15, 0.2) is 10.2 Å². The van der Waals surface area contributed by atoms with Crippen LogP contribution in [0.2, 0.25) is 0 Å². The molecule has 1 aromatic rings. The first-order valence-corrected chi connectivity index (χ1v) is 8.49. The van der Waals surface area contributed by atoms with E-state index in [1.807, 2.05) is 12.3 Å². The van der Waals surface area contributed by atoms with E-state index in [-0.39, 0.29) is 17.3 Å². The molecular formula is C15H22N2O2S. The van der Waals surface area contributed by atoms with Gasteiger partial charge in [-0.2, -0.15) is 0 Å². The summed E-state index contributed by atoms with van der Waals surface area (Å²) in [5, 5.41) is 1.83. The Hall–Kier alpha value is -1.10. The Bertz CT molecular complexity index is 542. The van der Waals surface area contributed by atoms with Gasteiger partial charge >= 0.3 is 4.87 Å². The second-order valence-electron chi connectivity index (χ2n) is 6.07. The normalized spacial score (nSPS) is 23.6. The summed E-state index contributed by atoms with van der Waals surface area (Å²) in [5.41, 5.74) is 0.893. The van der Waals surface area contributed by atoms with Gasteiger partial charge in [-0.3, -0.25) is 14.2 Å². The third-order valence-corrected chi connectivity index (χ3v) is 5.71. The topological polar surface area (TPSA) is 42.3 Å². The molecule has 4 nitrogen and oxygen atoms in total. The van der Waals surface area contributed by atoms with Gasteiger partial charge in [0.1, 0.15) is 6.54 Å². The minimum absolute atomic E-state index is 0.0209. The van der Waals surface area contributed by atoms with E-state index in [1.165, 1.54) is 37.0 Å². The fraction of sp³-hybridized carbons (Fsp3) is 0.733. The zero-order valence-corrected chi connectivity index (χ0v) is 12.8. The van der Waals surface area contributed by atoms with Crippen molar-refractivity contribution >= 4 is 17.2 Å². The molecule has 110 valence electrons. The van der Waals surface area contributed by atoms with Crippen molar-refractivity contribution < 1.29 is 4.79 Å². The van der Waals surface area contributed by atoms with Crippen molar-refractivity contribution in [2.45, 2.75) is 58.0 Å². The Morgan fingerprint density at radius 1 is 1.30 bits per heavy atom. The van der Waals surface area contributed by atoms with Gasteiger partial charge in [-0.15, -0.1) is 0 Å². The summed E-state index contributed by atoms with van der Waals surface area (Å²) in [6.45, 7) is 2.99. The van der Waals surface area contributed by atoms with E-state index in [1.54, 1.807) is 4.57 Å².